The number of carbonyl (C=O) groups is 2. The summed E-state index contributed by atoms with van der Waals surface area (Å²) >= 11 is 0. The summed E-state index contributed by atoms with van der Waals surface area (Å²) in [5, 5.41) is 0. The van der Waals surface area contributed by atoms with Crippen LogP contribution in [-0.4, -0.2) is 11.9 Å². The van der Waals surface area contributed by atoms with Gasteiger partial charge in [0, 0.05) is 22.0 Å². The minimum atomic E-state index is -0.924. The molecule has 26 heavy (non-hydrogen) atoms. The fraction of sp³-hybridized carbons (Fsp3) is 0.300. The molecule has 2 unspecified atom stereocenters. The third kappa shape index (κ3) is 1.50. The van der Waals surface area contributed by atoms with Crippen LogP contribution in [0.2, 0.25) is 0 Å². The molecule has 4 atom stereocenters. The lowest BCUT2D eigenvalue weighted by Gasteiger charge is -2.67. The van der Waals surface area contributed by atoms with Crippen molar-refractivity contribution in [3.63, 3.8) is 0 Å². The van der Waals surface area contributed by atoms with Crippen LogP contribution in [0.1, 0.15) is 25.0 Å². The van der Waals surface area contributed by atoms with E-state index in [1.165, 1.54) is 36.4 Å². The van der Waals surface area contributed by atoms with E-state index in [1.54, 1.807) is 13.8 Å². The molecule has 2 aromatic rings. The van der Waals surface area contributed by atoms with Gasteiger partial charge in [-0.3, -0.25) is 9.59 Å². The van der Waals surface area contributed by atoms with Gasteiger partial charge in [-0.25, -0.2) is 8.78 Å². The quantitative estimate of drug-likeness (QED) is 0.537. The van der Waals surface area contributed by atoms with E-state index in [1.807, 2.05) is 0 Å². The van der Waals surface area contributed by atoms with Gasteiger partial charge in [0.15, 0.2) is 0 Å². The van der Waals surface area contributed by atoms with E-state index in [-0.39, 0.29) is 11.5 Å². The van der Waals surface area contributed by atoms with Gasteiger partial charge in [-0.05, 0) is 36.4 Å². The molecule has 0 radical (unpaired) electrons. The van der Waals surface area contributed by atoms with Gasteiger partial charge in [-0.1, -0.05) is 13.8 Å². The van der Waals surface area contributed by atoms with Gasteiger partial charge in [0.1, 0.15) is 23.1 Å². The summed E-state index contributed by atoms with van der Waals surface area (Å²) in [6.45, 7) is 3.61. The Balaban J connectivity index is 1.83. The molecule has 1 saturated carbocycles. The standard InChI is InChI=1S/C20H14F2O4/c1-19-11-7-9(21)3-5-13(11)25-17(23)15(19)16-18(24)26-14-6-4-10(22)8-12(14)20(16,19)2/h3-8,15-16H,1-2H3/t15-,16?,19+,20?/m1/s1. The molecule has 4 nitrogen and oxygen atoms in total. The summed E-state index contributed by atoms with van der Waals surface area (Å²) in [6, 6.07) is 7.92. The Labute approximate surface area is 147 Å². The zero-order chi connectivity index (χ0) is 18.4. The summed E-state index contributed by atoms with van der Waals surface area (Å²) < 4.78 is 38.7. The van der Waals surface area contributed by atoms with Gasteiger partial charge < -0.3 is 9.47 Å². The zero-order valence-corrected chi connectivity index (χ0v) is 14.0. The fourth-order valence-corrected chi connectivity index (χ4v) is 5.19. The molecule has 1 fully saturated rings. The van der Waals surface area contributed by atoms with E-state index in [0.29, 0.717) is 11.1 Å². The van der Waals surface area contributed by atoms with Crippen LogP contribution in [0.4, 0.5) is 8.78 Å². The normalized spacial score (nSPS) is 33.7. The van der Waals surface area contributed by atoms with E-state index in [0.717, 1.165) is 0 Å². The van der Waals surface area contributed by atoms with Crippen molar-refractivity contribution in [2.75, 3.05) is 0 Å². The second-order valence-corrected chi connectivity index (χ2v) is 7.48. The lowest BCUT2D eigenvalue weighted by atomic mass is 9.34. The van der Waals surface area contributed by atoms with Gasteiger partial charge in [0.25, 0.3) is 0 Å². The first-order valence-corrected chi connectivity index (χ1v) is 8.32. The molecule has 0 saturated heterocycles. The minimum Gasteiger partial charge on any atom is -0.426 e. The monoisotopic (exact) mass is 356 g/mol. The number of benzene rings is 2. The van der Waals surface area contributed by atoms with Gasteiger partial charge in [-0.15, -0.1) is 0 Å². The number of hydrogen-bond acceptors (Lipinski definition) is 4. The van der Waals surface area contributed by atoms with E-state index >= 15 is 0 Å². The molecule has 2 aliphatic heterocycles. The zero-order valence-electron chi connectivity index (χ0n) is 14.0. The van der Waals surface area contributed by atoms with E-state index in [9.17, 15) is 18.4 Å². The predicted octanol–water partition coefficient (Wildman–Crippen LogP) is 3.26. The highest BCUT2D eigenvalue weighted by Crippen LogP contribution is 2.71. The maximum Gasteiger partial charge on any atom is 0.316 e. The van der Waals surface area contributed by atoms with E-state index in [2.05, 4.69) is 0 Å². The molecule has 132 valence electrons. The molecule has 3 aliphatic rings. The van der Waals surface area contributed by atoms with Gasteiger partial charge in [0.2, 0.25) is 0 Å². The lowest BCUT2D eigenvalue weighted by molar-refractivity contribution is -0.186. The van der Waals surface area contributed by atoms with Gasteiger partial charge in [0.05, 0.1) is 11.8 Å². The molecule has 6 heteroatoms. The summed E-state index contributed by atoms with van der Waals surface area (Å²) in [5.74, 6) is -3.12. The number of hydrogen-bond donors (Lipinski definition) is 0. The molecule has 0 aromatic heterocycles. The van der Waals surface area contributed by atoms with E-state index < -0.39 is 46.2 Å². The summed E-state index contributed by atoms with van der Waals surface area (Å²) in [5.41, 5.74) is -0.838. The first kappa shape index (κ1) is 15.5. The number of esters is 2. The lowest BCUT2D eigenvalue weighted by Crippen LogP contribution is -2.75. The van der Waals surface area contributed by atoms with Crippen molar-refractivity contribution in [3.05, 3.63) is 59.2 Å². The van der Waals surface area contributed by atoms with Crippen molar-refractivity contribution >= 4 is 11.9 Å². The van der Waals surface area contributed by atoms with E-state index in [4.69, 9.17) is 9.47 Å². The fourth-order valence-electron chi connectivity index (χ4n) is 5.19. The highest BCUT2D eigenvalue weighted by atomic mass is 19.1. The predicted molar refractivity (Wildman–Crippen MR) is 85.8 cm³/mol. The molecule has 0 amide bonds. The van der Waals surface area contributed by atoms with Crippen molar-refractivity contribution in [1.29, 1.82) is 0 Å². The van der Waals surface area contributed by atoms with Crippen LogP contribution in [0.25, 0.3) is 0 Å². The van der Waals surface area contributed by atoms with Crippen LogP contribution in [0.5, 0.6) is 11.5 Å². The Morgan fingerprint density at radius 1 is 0.769 bits per heavy atom. The Bertz CT molecular complexity index is 935. The number of rotatable bonds is 0. The second-order valence-electron chi connectivity index (χ2n) is 7.48. The molecule has 0 bridgehead atoms. The Hall–Kier alpha value is -2.76. The molecular weight excluding hydrogens is 342 g/mol. The summed E-state index contributed by atoms with van der Waals surface area (Å²) in [6.07, 6.45) is 0. The van der Waals surface area contributed by atoms with Crippen LogP contribution in [0.15, 0.2) is 36.4 Å². The van der Waals surface area contributed by atoms with Crippen molar-refractivity contribution < 1.29 is 27.8 Å². The van der Waals surface area contributed by atoms with Crippen molar-refractivity contribution in [2.45, 2.75) is 24.7 Å². The van der Waals surface area contributed by atoms with Crippen molar-refractivity contribution in [2.24, 2.45) is 11.8 Å². The number of carbonyl (C=O) groups excluding carboxylic acids is 2. The van der Waals surface area contributed by atoms with Crippen LogP contribution < -0.4 is 9.47 Å². The van der Waals surface area contributed by atoms with Crippen LogP contribution >= 0.6 is 0 Å². The third-order valence-electron chi connectivity index (χ3n) is 6.59. The average Bonchev–Trinajstić information content (AvgIpc) is 2.59. The summed E-state index contributed by atoms with van der Waals surface area (Å²) in [7, 11) is 0. The van der Waals surface area contributed by atoms with Crippen LogP contribution in [-0.2, 0) is 20.4 Å². The van der Waals surface area contributed by atoms with Crippen LogP contribution in [0.3, 0.4) is 0 Å². The van der Waals surface area contributed by atoms with Crippen molar-refractivity contribution in [1.82, 2.24) is 0 Å². The van der Waals surface area contributed by atoms with Gasteiger partial charge >= 0.3 is 11.9 Å². The maximum absolute atomic E-state index is 14.0. The topological polar surface area (TPSA) is 52.6 Å². The number of ether oxygens (including phenoxy) is 2. The highest BCUT2D eigenvalue weighted by Gasteiger charge is 2.77. The Kier molecular flexibility index (Phi) is 2.68. The molecule has 0 N–H and O–H groups in total. The van der Waals surface area contributed by atoms with Gasteiger partial charge in [-0.2, -0.15) is 0 Å². The smallest absolute Gasteiger partial charge is 0.316 e. The highest BCUT2D eigenvalue weighted by molar-refractivity contribution is 5.95. The Morgan fingerprint density at radius 2 is 1.15 bits per heavy atom. The number of halogens is 2. The maximum atomic E-state index is 14.0. The minimum absolute atomic E-state index is 0.270. The molecule has 5 rings (SSSR count). The first-order valence-electron chi connectivity index (χ1n) is 8.32. The van der Waals surface area contributed by atoms with Crippen LogP contribution in [0, 0.1) is 23.5 Å². The molecule has 2 heterocycles. The summed E-state index contributed by atoms with van der Waals surface area (Å²) in [4.78, 5) is 25.3. The second kappa shape index (κ2) is 4.50. The van der Waals surface area contributed by atoms with Crippen molar-refractivity contribution in [3.8, 4) is 11.5 Å². The molecular formula is C20H14F2O4. The number of fused-ring (bicyclic) bond motifs is 8. The average molecular weight is 356 g/mol. The molecule has 1 aliphatic carbocycles. The molecule has 0 spiro atoms. The largest absolute Gasteiger partial charge is 0.426 e. The third-order valence-corrected chi connectivity index (χ3v) is 6.59. The SMILES string of the molecule is CC12c3cc(F)ccc3OC(=O)C1[C@@H]1C(=O)Oc3ccc(F)cc3[C@@]12C. The molecule has 2 aromatic carbocycles. The first-order chi connectivity index (χ1) is 12.3. The Morgan fingerprint density at radius 3 is 1.54 bits per heavy atom.